The lowest BCUT2D eigenvalue weighted by atomic mass is 9.96. The van der Waals surface area contributed by atoms with E-state index in [0.29, 0.717) is 29.0 Å². The van der Waals surface area contributed by atoms with Gasteiger partial charge in [0.05, 0.1) is 11.3 Å². The van der Waals surface area contributed by atoms with Crippen LogP contribution in [0.3, 0.4) is 0 Å². The summed E-state index contributed by atoms with van der Waals surface area (Å²) in [5.74, 6) is -0.471. The van der Waals surface area contributed by atoms with Gasteiger partial charge in [-0.15, -0.1) is 11.8 Å². The van der Waals surface area contributed by atoms with Gasteiger partial charge < -0.3 is 20.9 Å². The molecule has 9 heteroatoms. The van der Waals surface area contributed by atoms with Gasteiger partial charge in [0.25, 0.3) is 5.91 Å². The van der Waals surface area contributed by atoms with E-state index in [4.69, 9.17) is 17.3 Å². The topological polar surface area (TPSA) is 91.6 Å². The summed E-state index contributed by atoms with van der Waals surface area (Å²) < 4.78 is 0. The Balaban J connectivity index is 1.40. The molecule has 2 aromatic carbocycles. The Morgan fingerprint density at radius 3 is 2.39 bits per heavy atom. The molecule has 0 saturated carbocycles. The van der Waals surface area contributed by atoms with Crippen LogP contribution in [0.5, 0.6) is 0 Å². The fourth-order valence-corrected chi connectivity index (χ4v) is 6.46. The van der Waals surface area contributed by atoms with Gasteiger partial charge >= 0.3 is 6.03 Å². The zero-order chi connectivity index (χ0) is 29.5. The van der Waals surface area contributed by atoms with Crippen molar-refractivity contribution in [2.24, 2.45) is 5.73 Å². The first-order chi connectivity index (χ1) is 19.7. The summed E-state index contributed by atoms with van der Waals surface area (Å²) in [5, 5.41) is 3.57. The number of hydrogen-bond donors (Lipinski definition) is 2. The van der Waals surface area contributed by atoms with E-state index in [-0.39, 0.29) is 12.1 Å². The molecule has 0 aliphatic carbocycles. The standard InChI is InChI=1S/C32H40ClN5O2S/c1-21(10-15-28-22(2)29(31(34)39)23(3)35-30(28)33)37-18-16-26(17-19-37)38(20-24-8-6-5-7-9-24)32(40)36-25-11-13-27(41-4)14-12-25/h5-9,11-14,21,26H,10,15-20H2,1-4H3,(H2,34,39)(H,36,40)/t21-/m1/s1. The van der Waals surface area contributed by atoms with Crippen molar-refractivity contribution in [3.63, 3.8) is 0 Å². The number of rotatable bonds is 10. The number of likely N-dealkylation sites (tertiary alicyclic amines) is 1. The van der Waals surface area contributed by atoms with E-state index in [1.807, 2.05) is 60.5 Å². The van der Waals surface area contributed by atoms with Crippen molar-refractivity contribution in [2.45, 2.75) is 70.0 Å². The van der Waals surface area contributed by atoms with Gasteiger partial charge in [-0.2, -0.15) is 0 Å². The molecule has 3 N–H and O–H groups in total. The first kappa shape index (κ1) is 30.9. The molecule has 1 fully saturated rings. The molecule has 1 aliphatic rings. The number of nitrogens with one attached hydrogen (secondary N) is 1. The number of benzene rings is 2. The molecule has 0 radical (unpaired) electrons. The van der Waals surface area contributed by atoms with E-state index in [0.717, 1.165) is 66.0 Å². The van der Waals surface area contributed by atoms with Crippen LogP contribution in [0, 0.1) is 13.8 Å². The second-order valence-electron chi connectivity index (χ2n) is 10.8. The maximum Gasteiger partial charge on any atom is 0.322 e. The van der Waals surface area contributed by atoms with Gasteiger partial charge in [0, 0.05) is 42.3 Å². The summed E-state index contributed by atoms with van der Waals surface area (Å²) in [6.45, 7) is 8.26. The van der Waals surface area contributed by atoms with E-state index >= 15 is 0 Å². The number of nitrogens with zero attached hydrogens (tertiary/aromatic N) is 3. The summed E-state index contributed by atoms with van der Waals surface area (Å²) >= 11 is 8.16. The van der Waals surface area contributed by atoms with Crippen LogP contribution < -0.4 is 11.1 Å². The smallest absolute Gasteiger partial charge is 0.322 e. The monoisotopic (exact) mass is 593 g/mol. The van der Waals surface area contributed by atoms with Gasteiger partial charge in [0.15, 0.2) is 0 Å². The number of amides is 3. The minimum atomic E-state index is -0.471. The molecule has 218 valence electrons. The molecule has 1 aromatic heterocycles. The zero-order valence-electron chi connectivity index (χ0n) is 24.3. The number of hydrogen-bond acceptors (Lipinski definition) is 5. The van der Waals surface area contributed by atoms with Crippen LogP contribution >= 0.6 is 23.4 Å². The highest BCUT2D eigenvalue weighted by Gasteiger charge is 2.30. The third-order valence-corrected chi connectivity index (χ3v) is 9.18. The largest absolute Gasteiger partial charge is 0.366 e. The number of carbonyl (C=O) groups excluding carboxylic acids is 2. The van der Waals surface area contributed by atoms with Crippen LogP contribution in [0.4, 0.5) is 10.5 Å². The Bertz CT molecular complexity index is 1340. The molecule has 1 saturated heterocycles. The average molecular weight is 594 g/mol. The highest BCUT2D eigenvalue weighted by molar-refractivity contribution is 7.98. The summed E-state index contributed by atoms with van der Waals surface area (Å²) in [4.78, 5) is 35.5. The van der Waals surface area contributed by atoms with Gasteiger partial charge in [0.2, 0.25) is 0 Å². The molecular weight excluding hydrogens is 554 g/mol. The minimum Gasteiger partial charge on any atom is -0.366 e. The molecule has 0 unspecified atom stereocenters. The number of primary amides is 1. The number of piperidine rings is 1. The summed E-state index contributed by atoms with van der Waals surface area (Å²) in [6.07, 6.45) is 5.44. The van der Waals surface area contributed by atoms with Crippen molar-refractivity contribution >= 4 is 41.0 Å². The zero-order valence-corrected chi connectivity index (χ0v) is 25.9. The van der Waals surface area contributed by atoms with Gasteiger partial charge in [-0.25, -0.2) is 9.78 Å². The van der Waals surface area contributed by atoms with Gasteiger partial charge in [-0.05, 0) is 93.7 Å². The Labute approximate surface area is 252 Å². The van der Waals surface area contributed by atoms with Crippen LogP contribution in [-0.4, -0.2) is 58.2 Å². The predicted molar refractivity (Wildman–Crippen MR) is 169 cm³/mol. The molecule has 3 amide bonds. The highest BCUT2D eigenvalue weighted by atomic mass is 35.5. The maximum absolute atomic E-state index is 13.6. The quantitative estimate of drug-likeness (QED) is 0.202. The predicted octanol–water partition coefficient (Wildman–Crippen LogP) is 6.69. The first-order valence-electron chi connectivity index (χ1n) is 14.1. The van der Waals surface area contributed by atoms with Crippen LogP contribution in [0.2, 0.25) is 5.15 Å². The van der Waals surface area contributed by atoms with Crippen molar-refractivity contribution in [3.8, 4) is 0 Å². The molecule has 41 heavy (non-hydrogen) atoms. The van der Waals surface area contributed by atoms with Gasteiger partial charge in [-0.1, -0.05) is 41.9 Å². The number of aryl methyl sites for hydroxylation is 1. The number of thioether (sulfide) groups is 1. The van der Waals surface area contributed by atoms with E-state index in [2.05, 4.69) is 34.3 Å². The number of halogens is 1. The maximum atomic E-state index is 13.6. The molecule has 4 rings (SSSR count). The van der Waals surface area contributed by atoms with Crippen molar-refractivity contribution in [1.29, 1.82) is 0 Å². The Kier molecular flexibility index (Phi) is 10.7. The molecule has 0 spiro atoms. The van der Waals surface area contributed by atoms with Crippen molar-refractivity contribution in [3.05, 3.63) is 87.7 Å². The van der Waals surface area contributed by atoms with E-state index in [1.54, 1.807) is 18.7 Å². The lowest BCUT2D eigenvalue weighted by molar-refractivity contribution is 0.0992. The third-order valence-electron chi connectivity index (χ3n) is 8.12. The van der Waals surface area contributed by atoms with Crippen molar-refractivity contribution < 1.29 is 9.59 Å². The number of urea groups is 1. The second-order valence-corrected chi connectivity index (χ2v) is 12.0. The molecule has 7 nitrogen and oxygen atoms in total. The van der Waals surface area contributed by atoms with Crippen LogP contribution in [0.25, 0.3) is 0 Å². The fourth-order valence-electron chi connectivity index (χ4n) is 5.69. The number of carbonyl (C=O) groups is 2. The highest BCUT2D eigenvalue weighted by Crippen LogP contribution is 2.27. The Morgan fingerprint density at radius 2 is 1.78 bits per heavy atom. The van der Waals surface area contributed by atoms with Gasteiger partial charge in [0.1, 0.15) is 5.15 Å². The minimum absolute atomic E-state index is 0.0699. The summed E-state index contributed by atoms with van der Waals surface area (Å²) in [6, 6.07) is 18.5. The molecule has 2 heterocycles. The number of pyridine rings is 1. The summed E-state index contributed by atoms with van der Waals surface area (Å²) in [7, 11) is 0. The first-order valence-corrected chi connectivity index (χ1v) is 15.7. The number of nitrogens with two attached hydrogens (primary N) is 1. The average Bonchev–Trinajstić information content (AvgIpc) is 2.96. The lowest BCUT2D eigenvalue weighted by Gasteiger charge is -2.41. The molecule has 1 aliphatic heterocycles. The Hall–Kier alpha value is -3.07. The third kappa shape index (κ3) is 7.82. The van der Waals surface area contributed by atoms with Crippen LogP contribution in [-0.2, 0) is 13.0 Å². The van der Waals surface area contributed by atoms with Crippen LogP contribution in [0.1, 0.15) is 58.9 Å². The molecule has 3 aromatic rings. The normalized spacial score (nSPS) is 15.0. The molecule has 1 atom stereocenters. The van der Waals surface area contributed by atoms with Gasteiger partial charge in [-0.3, -0.25) is 4.79 Å². The van der Waals surface area contributed by atoms with Crippen LogP contribution in [0.15, 0.2) is 59.5 Å². The number of aromatic nitrogens is 1. The Morgan fingerprint density at radius 1 is 1.12 bits per heavy atom. The SMILES string of the molecule is CSc1ccc(NC(=O)N(Cc2ccccc2)C2CCN([C@H](C)CCc3c(Cl)nc(C)c(C(N)=O)c3C)CC2)cc1. The second kappa shape index (κ2) is 14.2. The van der Waals surface area contributed by atoms with E-state index in [9.17, 15) is 9.59 Å². The van der Waals surface area contributed by atoms with E-state index < -0.39 is 5.91 Å². The number of anilines is 1. The lowest BCUT2D eigenvalue weighted by Crippen LogP contribution is -2.50. The summed E-state index contributed by atoms with van der Waals surface area (Å²) in [5.41, 5.74) is 10.3. The molecule has 0 bridgehead atoms. The van der Waals surface area contributed by atoms with E-state index in [1.165, 1.54) is 0 Å². The molecular formula is C32H40ClN5O2S. The fraction of sp³-hybridized carbons (Fsp3) is 0.406. The van der Waals surface area contributed by atoms with Crippen molar-refractivity contribution in [2.75, 3.05) is 24.7 Å². The van der Waals surface area contributed by atoms with Crippen molar-refractivity contribution in [1.82, 2.24) is 14.8 Å².